The van der Waals surface area contributed by atoms with Crippen molar-refractivity contribution < 1.29 is 0 Å². The topological polar surface area (TPSA) is 0 Å². The smallest absolute Gasteiger partial charge is 0.0117 e. The molecule has 0 nitrogen and oxygen atoms in total. The molecule has 0 bridgehead atoms. The first-order valence-corrected chi connectivity index (χ1v) is 11.0. The number of allylic oxidation sites excluding steroid dienone is 4. The highest BCUT2D eigenvalue weighted by molar-refractivity contribution is 5.86. The first kappa shape index (κ1) is 20.4. The summed E-state index contributed by atoms with van der Waals surface area (Å²) in [6.45, 7) is 13.5. The second kappa shape index (κ2) is 8.11. The van der Waals surface area contributed by atoms with E-state index >= 15 is 0 Å². The predicted molar refractivity (Wildman–Crippen MR) is 132 cm³/mol. The van der Waals surface area contributed by atoms with E-state index in [4.69, 9.17) is 0 Å². The normalized spacial score (nSPS) is 16.3. The molecule has 0 heteroatoms. The number of rotatable bonds is 3. The molecule has 1 aliphatic rings. The van der Waals surface area contributed by atoms with Crippen LogP contribution in [-0.4, -0.2) is 0 Å². The van der Waals surface area contributed by atoms with Crippen molar-refractivity contribution in [1.29, 1.82) is 0 Å². The second-order valence-electron chi connectivity index (χ2n) is 9.06. The van der Waals surface area contributed by atoms with Crippen LogP contribution >= 0.6 is 0 Å². The number of benzene rings is 3. The zero-order valence-electron chi connectivity index (χ0n) is 19.1. The molecule has 152 valence electrons. The molecule has 3 aromatic carbocycles. The van der Waals surface area contributed by atoms with Crippen molar-refractivity contribution in [3.8, 4) is 22.3 Å². The van der Waals surface area contributed by atoms with Crippen molar-refractivity contribution in [3.63, 3.8) is 0 Å². The van der Waals surface area contributed by atoms with Crippen molar-refractivity contribution in [2.75, 3.05) is 0 Å². The van der Waals surface area contributed by atoms with E-state index in [-0.39, 0.29) is 0 Å². The van der Waals surface area contributed by atoms with Crippen LogP contribution in [0.2, 0.25) is 0 Å². The molecule has 0 spiro atoms. The number of hydrogen-bond acceptors (Lipinski definition) is 0. The van der Waals surface area contributed by atoms with Crippen LogP contribution in [0, 0.1) is 33.6 Å². The van der Waals surface area contributed by atoms with E-state index < -0.39 is 0 Å². The average Bonchev–Trinajstić information content (AvgIpc) is 2.70. The van der Waals surface area contributed by atoms with Gasteiger partial charge in [0, 0.05) is 0 Å². The van der Waals surface area contributed by atoms with Gasteiger partial charge in [-0.15, -0.1) is 0 Å². The van der Waals surface area contributed by atoms with Crippen LogP contribution in [-0.2, 0) is 0 Å². The monoisotopic (exact) mass is 392 g/mol. The Bertz CT molecular complexity index is 1150. The highest BCUT2D eigenvalue weighted by Crippen LogP contribution is 2.38. The molecule has 0 saturated heterocycles. The second-order valence-corrected chi connectivity index (χ2v) is 9.06. The first-order valence-electron chi connectivity index (χ1n) is 11.0. The summed E-state index contributed by atoms with van der Waals surface area (Å²) in [4.78, 5) is 0. The number of hydrogen-bond donors (Lipinski definition) is 0. The summed E-state index contributed by atoms with van der Waals surface area (Å²) in [6, 6.07) is 20.3. The van der Waals surface area contributed by atoms with Gasteiger partial charge in [0.2, 0.25) is 0 Å². The van der Waals surface area contributed by atoms with Crippen molar-refractivity contribution in [2.24, 2.45) is 5.92 Å². The van der Waals surface area contributed by atoms with Gasteiger partial charge < -0.3 is 0 Å². The van der Waals surface area contributed by atoms with Gasteiger partial charge in [0.1, 0.15) is 0 Å². The maximum atomic E-state index is 2.35. The lowest BCUT2D eigenvalue weighted by Crippen LogP contribution is -2.02. The van der Waals surface area contributed by atoms with Gasteiger partial charge in [-0.25, -0.2) is 0 Å². The van der Waals surface area contributed by atoms with Gasteiger partial charge in [0.15, 0.2) is 0 Å². The standard InChI is InChI=1S/C30H32/c1-19-7-11-25(12-8-19)26-13-16-28(23(5)18-26)30-21(3)10-15-29(24(30)6)27-14-9-20(2)17-22(27)4/h7-16,18,20H,17H2,1-6H3. The molecular formula is C30H32. The van der Waals surface area contributed by atoms with Gasteiger partial charge >= 0.3 is 0 Å². The molecule has 0 aliphatic heterocycles. The molecular weight excluding hydrogens is 360 g/mol. The molecule has 1 unspecified atom stereocenters. The van der Waals surface area contributed by atoms with Gasteiger partial charge in [0.25, 0.3) is 0 Å². The van der Waals surface area contributed by atoms with Crippen LogP contribution in [0.15, 0.2) is 72.3 Å². The van der Waals surface area contributed by atoms with Gasteiger partial charge in [-0.1, -0.05) is 84.8 Å². The fourth-order valence-corrected chi connectivity index (χ4v) is 4.81. The molecule has 0 radical (unpaired) electrons. The summed E-state index contributed by atoms with van der Waals surface area (Å²) in [6.07, 6.45) is 5.83. The zero-order chi connectivity index (χ0) is 21.4. The van der Waals surface area contributed by atoms with E-state index in [1.807, 2.05) is 0 Å². The SMILES string of the molecule is CC1=C(c2ccc(C)c(-c3ccc(-c4ccc(C)cc4)cc3C)c2C)C=CC(C)C1. The van der Waals surface area contributed by atoms with Crippen molar-refractivity contribution in [1.82, 2.24) is 0 Å². The molecule has 0 saturated carbocycles. The number of aryl methyl sites for hydroxylation is 3. The summed E-state index contributed by atoms with van der Waals surface area (Å²) in [7, 11) is 0. The lowest BCUT2D eigenvalue weighted by molar-refractivity contribution is 0.710. The molecule has 0 fully saturated rings. The Morgan fingerprint density at radius 3 is 2.03 bits per heavy atom. The Kier molecular flexibility index (Phi) is 5.52. The first-order chi connectivity index (χ1) is 14.3. The average molecular weight is 393 g/mol. The Labute approximate surface area is 182 Å². The molecule has 1 aliphatic carbocycles. The fraction of sp³-hybridized carbons (Fsp3) is 0.267. The van der Waals surface area contributed by atoms with Crippen molar-refractivity contribution in [3.05, 3.63) is 100 Å². The van der Waals surface area contributed by atoms with Crippen LogP contribution in [0.25, 0.3) is 27.8 Å². The van der Waals surface area contributed by atoms with Gasteiger partial charge in [-0.3, -0.25) is 0 Å². The van der Waals surface area contributed by atoms with E-state index in [1.165, 1.54) is 61.2 Å². The largest absolute Gasteiger partial charge is 0.0808 e. The van der Waals surface area contributed by atoms with E-state index in [2.05, 4.69) is 108 Å². The summed E-state index contributed by atoms with van der Waals surface area (Å²) in [5, 5.41) is 0. The summed E-state index contributed by atoms with van der Waals surface area (Å²) >= 11 is 0. The minimum Gasteiger partial charge on any atom is -0.0808 e. The van der Waals surface area contributed by atoms with Crippen LogP contribution in [0.3, 0.4) is 0 Å². The predicted octanol–water partition coefficient (Wildman–Crippen LogP) is 8.62. The summed E-state index contributed by atoms with van der Waals surface area (Å²) in [5.41, 5.74) is 14.9. The lowest BCUT2D eigenvalue weighted by Gasteiger charge is -2.22. The maximum Gasteiger partial charge on any atom is -0.0117 e. The highest BCUT2D eigenvalue weighted by atomic mass is 14.2. The molecule has 4 rings (SSSR count). The van der Waals surface area contributed by atoms with Crippen LogP contribution in [0.4, 0.5) is 0 Å². The molecule has 0 N–H and O–H groups in total. The molecule has 0 heterocycles. The minimum absolute atomic E-state index is 0.635. The van der Waals surface area contributed by atoms with Gasteiger partial charge in [-0.05, 0) is 97.0 Å². The fourth-order valence-electron chi connectivity index (χ4n) is 4.81. The zero-order valence-corrected chi connectivity index (χ0v) is 19.1. The highest BCUT2D eigenvalue weighted by Gasteiger charge is 2.17. The molecule has 1 atom stereocenters. The van der Waals surface area contributed by atoms with Crippen LogP contribution in [0.1, 0.15) is 48.1 Å². The Morgan fingerprint density at radius 2 is 1.37 bits per heavy atom. The Balaban J connectivity index is 1.80. The third-order valence-corrected chi connectivity index (χ3v) is 6.52. The molecule has 30 heavy (non-hydrogen) atoms. The molecule has 3 aromatic rings. The third-order valence-electron chi connectivity index (χ3n) is 6.52. The summed E-state index contributed by atoms with van der Waals surface area (Å²) < 4.78 is 0. The minimum atomic E-state index is 0.635. The van der Waals surface area contributed by atoms with E-state index in [0.717, 1.165) is 6.42 Å². The van der Waals surface area contributed by atoms with Crippen LogP contribution in [0.5, 0.6) is 0 Å². The summed E-state index contributed by atoms with van der Waals surface area (Å²) in [5.74, 6) is 0.635. The molecule has 0 aromatic heterocycles. The Hall–Kier alpha value is -2.86. The van der Waals surface area contributed by atoms with Crippen LogP contribution < -0.4 is 0 Å². The van der Waals surface area contributed by atoms with E-state index in [9.17, 15) is 0 Å². The van der Waals surface area contributed by atoms with E-state index in [0.29, 0.717) is 5.92 Å². The molecule has 0 amide bonds. The third kappa shape index (κ3) is 3.79. The lowest BCUT2D eigenvalue weighted by atomic mass is 9.83. The maximum absolute atomic E-state index is 2.35. The van der Waals surface area contributed by atoms with Crippen molar-refractivity contribution in [2.45, 2.75) is 48.0 Å². The van der Waals surface area contributed by atoms with Gasteiger partial charge in [-0.2, -0.15) is 0 Å². The van der Waals surface area contributed by atoms with Crippen molar-refractivity contribution >= 4 is 5.57 Å². The Morgan fingerprint density at radius 1 is 0.700 bits per heavy atom. The van der Waals surface area contributed by atoms with E-state index in [1.54, 1.807) is 0 Å². The van der Waals surface area contributed by atoms with Gasteiger partial charge in [0.05, 0.1) is 0 Å². The quantitative estimate of drug-likeness (QED) is 0.418.